The first kappa shape index (κ1) is 21.0. The van der Waals surface area contributed by atoms with Gasteiger partial charge in [-0.25, -0.2) is 24.4 Å². The molecule has 0 bridgehead atoms. The van der Waals surface area contributed by atoms with E-state index in [1.54, 1.807) is 6.07 Å². The minimum atomic E-state index is -1.11. The van der Waals surface area contributed by atoms with Crippen LogP contribution in [0.3, 0.4) is 0 Å². The number of hydrogen-bond donors (Lipinski definition) is 4. The van der Waals surface area contributed by atoms with E-state index < -0.39 is 23.2 Å². The van der Waals surface area contributed by atoms with E-state index in [1.807, 2.05) is 4.98 Å². The number of halogens is 2. The minimum absolute atomic E-state index is 0.00459. The molecule has 0 aliphatic heterocycles. The fraction of sp³-hybridized carbons (Fsp3) is 0. The van der Waals surface area contributed by atoms with Crippen molar-refractivity contribution in [2.75, 3.05) is 0 Å². The van der Waals surface area contributed by atoms with Gasteiger partial charge in [0.2, 0.25) is 5.28 Å². The van der Waals surface area contributed by atoms with Crippen molar-refractivity contribution in [1.29, 1.82) is 0 Å². The van der Waals surface area contributed by atoms with Crippen molar-refractivity contribution in [3.05, 3.63) is 78.8 Å². The third-order valence-corrected chi connectivity index (χ3v) is 4.31. The lowest BCUT2D eigenvalue weighted by Crippen LogP contribution is -2.21. The molecule has 0 saturated heterocycles. The van der Waals surface area contributed by atoms with Crippen LogP contribution in [0.25, 0.3) is 21.8 Å². The summed E-state index contributed by atoms with van der Waals surface area (Å²) in [6.07, 6.45) is 0. The number of nitrogens with one attached hydrogen (secondary N) is 2. The van der Waals surface area contributed by atoms with Crippen molar-refractivity contribution in [2.24, 2.45) is 0 Å². The summed E-state index contributed by atoms with van der Waals surface area (Å²) >= 11 is 11.4. The molecule has 0 saturated carbocycles. The molecule has 4 N–H and O–H groups in total. The number of carboxylic acids is 2. The van der Waals surface area contributed by atoms with Crippen LogP contribution in [0, 0.1) is 0 Å². The summed E-state index contributed by atoms with van der Waals surface area (Å²) in [6.45, 7) is 0. The monoisotopic (exact) mass is 448 g/mol. The molecular formula is C18H10Cl2N4O6. The number of nitrogens with zero attached hydrogens (tertiary/aromatic N) is 2. The standard InChI is InChI=1S/C9H4Cl2N2O2.C9H6N2O4/c10-7-5-2-1-4(8(14)15)3-6(5)12-9(11)13-7;12-7-5-2-1-4(8(13)14)3-6(5)10-9(15)11-7/h1-3H,(H,14,15);1-3H,(H,13,14)(H2,10,11,12,15). The number of aromatic nitrogens is 4. The van der Waals surface area contributed by atoms with Crippen molar-refractivity contribution in [2.45, 2.75) is 0 Å². The van der Waals surface area contributed by atoms with Gasteiger partial charge in [-0.1, -0.05) is 11.6 Å². The second-order valence-corrected chi connectivity index (χ2v) is 6.49. The van der Waals surface area contributed by atoms with Crippen molar-refractivity contribution in [3.8, 4) is 0 Å². The maximum atomic E-state index is 11.3. The first-order valence-electron chi connectivity index (χ1n) is 8.01. The second-order valence-electron chi connectivity index (χ2n) is 5.79. The number of rotatable bonds is 2. The van der Waals surface area contributed by atoms with Gasteiger partial charge in [-0.2, -0.15) is 0 Å². The molecule has 0 amide bonds. The molecule has 4 rings (SSSR count). The summed E-state index contributed by atoms with van der Waals surface area (Å²) in [6, 6.07) is 8.29. The predicted octanol–water partition coefficient (Wildman–Crippen LogP) is 2.55. The number of hydrogen-bond acceptors (Lipinski definition) is 6. The van der Waals surface area contributed by atoms with Gasteiger partial charge in [0.15, 0.2) is 0 Å². The molecule has 2 aromatic heterocycles. The Hall–Kier alpha value is -3.76. The van der Waals surface area contributed by atoms with E-state index in [2.05, 4.69) is 15.0 Å². The minimum Gasteiger partial charge on any atom is -0.478 e. The van der Waals surface area contributed by atoms with E-state index in [9.17, 15) is 19.2 Å². The number of aromatic carboxylic acids is 2. The quantitative estimate of drug-likeness (QED) is 0.268. The van der Waals surface area contributed by atoms with Gasteiger partial charge < -0.3 is 15.2 Å². The fourth-order valence-electron chi connectivity index (χ4n) is 2.50. The molecule has 0 unspecified atom stereocenters. The number of carboxylic acid groups (broad SMARTS) is 2. The predicted molar refractivity (Wildman–Crippen MR) is 109 cm³/mol. The lowest BCUT2D eigenvalue weighted by Gasteiger charge is -2.01. The number of aromatic amines is 2. The van der Waals surface area contributed by atoms with Gasteiger partial charge in [-0.15, -0.1) is 0 Å². The van der Waals surface area contributed by atoms with Crippen LogP contribution in [-0.2, 0) is 0 Å². The molecule has 0 aliphatic carbocycles. The Morgan fingerprint density at radius 3 is 2.07 bits per heavy atom. The highest BCUT2D eigenvalue weighted by molar-refractivity contribution is 6.35. The Morgan fingerprint density at radius 2 is 1.43 bits per heavy atom. The molecule has 152 valence electrons. The normalized spacial score (nSPS) is 10.5. The summed E-state index contributed by atoms with van der Waals surface area (Å²) in [4.78, 5) is 55.6. The van der Waals surface area contributed by atoms with Crippen molar-refractivity contribution in [1.82, 2.24) is 19.9 Å². The van der Waals surface area contributed by atoms with E-state index in [1.165, 1.54) is 30.3 Å². The van der Waals surface area contributed by atoms with Crippen LogP contribution in [0.1, 0.15) is 20.7 Å². The summed E-state index contributed by atoms with van der Waals surface area (Å²) in [5, 5.41) is 18.5. The number of fused-ring (bicyclic) bond motifs is 2. The van der Waals surface area contributed by atoms with E-state index in [4.69, 9.17) is 33.4 Å². The van der Waals surface area contributed by atoms with Crippen LogP contribution in [0.2, 0.25) is 10.4 Å². The zero-order valence-corrected chi connectivity index (χ0v) is 16.2. The van der Waals surface area contributed by atoms with Crippen molar-refractivity contribution >= 4 is 56.9 Å². The first-order valence-corrected chi connectivity index (χ1v) is 8.77. The summed E-state index contributed by atoms with van der Waals surface area (Å²) in [7, 11) is 0. The first-order chi connectivity index (χ1) is 14.2. The van der Waals surface area contributed by atoms with Gasteiger partial charge >= 0.3 is 17.6 Å². The fourth-order valence-corrected chi connectivity index (χ4v) is 2.96. The van der Waals surface area contributed by atoms with E-state index in [0.717, 1.165) is 0 Å². The maximum Gasteiger partial charge on any atom is 0.335 e. The average Bonchev–Trinajstić information content (AvgIpc) is 2.67. The van der Waals surface area contributed by atoms with Gasteiger partial charge in [0.1, 0.15) is 5.15 Å². The van der Waals surface area contributed by atoms with Crippen molar-refractivity contribution in [3.63, 3.8) is 0 Å². The average molecular weight is 449 g/mol. The molecule has 0 spiro atoms. The Kier molecular flexibility index (Phi) is 5.81. The van der Waals surface area contributed by atoms with Crippen molar-refractivity contribution < 1.29 is 19.8 Å². The summed E-state index contributed by atoms with van der Waals surface area (Å²) < 4.78 is 0. The molecule has 0 radical (unpaired) electrons. The third kappa shape index (κ3) is 4.45. The number of H-pyrrole nitrogens is 2. The Balaban J connectivity index is 0.000000171. The van der Waals surface area contributed by atoms with Gasteiger partial charge in [0.25, 0.3) is 5.56 Å². The smallest absolute Gasteiger partial charge is 0.335 e. The largest absolute Gasteiger partial charge is 0.478 e. The molecular weight excluding hydrogens is 439 g/mol. The molecule has 2 heterocycles. The molecule has 30 heavy (non-hydrogen) atoms. The van der Waals surface area contributed by atoms with Crippen LogP contribution >= 0.6 is 23.2 Å². The molecule has 0 fully saturated rings. The topological polar surface area (TPSA) is 166 Å². The van der Waals surface area contributed by atoms with Crippen LogP contribution in [0.5, 0.6) is 0 Å². The molecule has 10 nitrogen and oxygen atoms in total. The maximum absolute atomic E-state index is 11.3. The highest BCUT2D eigenvalue weighted by atomic mass is 35.5. The number of carbonyl (C=O) groups is 2. The molecule has 0 aliphatic rings. The third-order valence-electron chi connectivity index (χ3n) is 3.86. The van der Waals surface area contributed by atoms with Crippen LogP contribution < -0.4 is 11.2 Å². The van der Waals surface area contributed by atoms with Gasteiger partial charge in [-0.3, -0.25) is 9.78 Å². The molecule has 12 heteroatoms. The van der Waals surface area contributed by atoms with E-state index in [0.29, 0.717) is 10.9 Å². The molecule has 2 aromatic carbocycles. The Labute approximate surface area is 175 Å². The summed E-state index contributed by atoms with van der Waals surface area (Å²) in [5.74, 6) is -2.14. The van der Waals surface area contributed by atoms with Gasteiger partial charge in [0.05, 0.1) is 27.5 Å². The Morgan fingerprint density at radius 1 is 0.833 bits per heavy atom. The van der Waals surface area contributed by atoms with Gasteiger partial charge in [-0.05, 0) is 48.0 Å². The van der Waals surface area contributed by atoms with Crippen LogP contribution in [-0.4, -0.2) is 42.1 Å². The SMILES string of the molecule is O=C(O)c1ccc2c(=O)[nH]c(=O)[nH]c2c1.O=C(O)c1ccc2c(Cl)nc(Cl)nc2c1. The lowest BCUT2D eigenvalue weighted by atomic mass is 10.1. The molecule has 4 aromatic rings. The van der Waals surface area contributed by atoms with E-state index >= 15 is 0 Å². The van der Waals surface area contributed by atoms with Crippen LogP contribution in [0.15, 0.2) is 46.0 Å². The summed E-state index contributed by atoms with van der Waals surface area (Å²) in [5.41, 5.74) is -0.415. The van der Waals surface area contributed by atoms with Gasteiger partial charge in [0, 0.05) is 5.39 Å². The second kappa shape index (κ2) is 8.31. The lowest BCUT2D eigenvalue weighted by molar-refractivity contribution is 0.0686. The Bertz CT molecular complexity index is 1430. The molecule has 0 atom stereocenters. The number of benzene rings is 2. The van der Waals surface area contributed by atoms with Crippen LogP contribution in [0.4, 0.5) is 0 Å². The zero-order chi connectivity index (χ0) is 22.0. The highest BCUT2D eigenvalue weighted by Crippen LogP contribution is 2.22. The van der Waals surface area contributed by atoms with E-state index in [-0.39, 0.29) is 32.5 Å². The zero-order valence-electron chi connectivity index (χ0n) is 14.6. The highest BCUT2D eigenvalue weighted by Gasteiger charge is 2.09.